The van der Waals surface area contributed by atoms with Crippen LogP contribution in [0.2, 0.25) is 0 Å². The molecule has 0 spiro atoms. The molecule has 2 rings (SSSR count). The highest BCUT2D eigenvalue weighted by molar-refractivity contribution is 5.76. The second-order valence-electron chi connectivity index (χ2n) is 5.30. The number of hydrogen-bond donors (Lipinski definition) is 2. The van der Waals surface area contributed by atoms with Crippen LogP contribution in [0.15, 0.2) is 23.1 Å². The van der Waals surface area contributed by atoms with Crippen molar-refractivity contribution in [1.29, 1.82) is 0 Å². The van der Waals surface area contributed by atoms with Gasteiger partial charge in [0.15, 0.2) is 0 Å². The number of amides is 1. The van der Waals surface area contributed by atoms with Crippen molar-refractivity contribution in [3.63, 3.8) is 0 Å². The van der Waals surface area contributed by atoms with Gasteiger partial charge in [-0.05, 0) is 36.7 Å². The fraction of sp³-hybridized carbons (Fsp3) is 0.571. The van der Waals surface area contributed by atoms with Crippen LogP contribution in [-0.2, 0) is 4.79 Å². The molecule has 1 amide bonds. The molecule has 0 aliphatic heterocycles. The molecule has 3 N–H and O–H groups in total. The maximum atomic E-state index is 11.3. The lowest BCUT2D eigenvalue weighted by Gasteiger charge is -2.31. The fourth-order valence-electron chi connectivity index (χ4n) is 2.89. The van der Waals surface area contributed by atoms with Crippen LogP contribution >= 0.6 is 0 Å². The van der Waals surface area contributed by atoms with Gasteiger partial charge in [-0.15, -0.1) is 0 Å². The zero-order valence-corrected chi connectivity index (χ0v) is 10.7. The van der Waals surface area contributed by atoms with E-state index in [-0.39, 0.29) is 17.4 Å². The molecule has 1 aliphatic carbocycles. The molecule has 0 aromatic carbocycles. The zero-order valence-electron chi connectivity index (χ0n) is 10.7. The average Bonchev–Trinajstić information content (AvgIpc) is 2.38. The molecule has 98 valence electrons. The molecule has 1 aromatic heterocycles. The van der Waals surface area contributed by atoms with Gasteiger partial charge < -0.3 is 10.7 Å². The predicted octanol–water partition coefficient (Wildman–Crippen LogP) is 1.77. The Kier molecular flexibility index (Phi) is 3.84. The zero-order chi connectivity index (χ0) is 13.1. The third-order valence-electron chi connectivity index (χ3n) is 4.15. The van der Waals surface area contributed by atoms with Crippen LogP contribution in [0, 0.1) is 11.8 Å². The van der Waals surface area contributed by atoms with Crippen LogP contribution in [0.1, 0.15) is 44.1 Å². The molecule has 1 aliphatic rings. The van der Waals surface area contributed by atoms with Gasteiger partial charge in [-0.3, -0.25) is 9.59 Å². The number of H-pyrrole nitrogens is 1. The Hall–Kier alpha value is -1.58. The Morgan fingerprint density at radius 3 is 2.83 bits per heavy atom. The summed E-state index contributed by atoms with van der Waals surface area (Å²) in [6.45, 7) is 1.92. The minimum absolute atomic E-state index is 0.0597. The molecule has 3 atom stereocenters. The number of aromatic amines is 1. The fourth-order valence-corrected chi connectivity index (χ4v) is 2.89. The largest absolute Gasteiger partial charge is 0.369 e. The number of nitrogens with one attached hydrogen (secondary N) is 1. The maximum absolute atomic E-state index is 11.3. The highest BCUT2D eigenvalue weighted by atomic mass is 16.1. The molecule has 4 nitrogen and oxygen atoms in total. The topological polar surface area (TPSA) is 76.0 Å². The molecule has 1 aromatic rings. The molecule has 18 heavy (non-hydrogen) atoms. The molecule has 3 unspecified atom stereocenters. The van der Waals surface area contributed by atoms with E-state index in [1.54, 1.807) is 12.3 Å². The predicted molar refractivity (Wildman–Crippen MR) is 70.1 cm³/mol. The summed E-state index contributed by atoms with van der Waals surface area (Å²) in [5, 5.41) is 0. The number of primary amides is 1. The lowest BCUT2D eigenvalue weighted by molar-refractivity contribution is -0.123. The number of carbonyl (C=O) groups is 1. The number of aromatic nitrogens is 1. The Morgan fingerprint density at radius 1 is 1.44 bits per heavy atom. The SMILES string of the molecule is CC(C(N)=O)C1CCCC(c2ccc(=O)[nH]c2)C1. The van der Waals surface area contributed by atoms with Gasteiger partial charge in [-0.25, -0.2) is 0 Å². The second kappa shape index (κ2) is 5.38. The van der Waals surface area contributed by atoms with Crippen molar-refractivity contribution in [2.75, 3.05) is 0 Å². The summed E-state index contributed by atoms with van der Waals surface area (Å²) in [5.41, 5.74) is 6.47. The van der Waals surface area contributed by atoms with Gasteiger partial charge in [0.1, 0.15) is 0 Å². The first-order valence-electron chi connectivity index (χ1n) is 6.56. The van der Waals surface area contributed by atoms with Gasteiger partial charge in [0.25, 0.3) is 0 Å². The van der Waals surface area contributed by atoms with Crippen molar-refractivity contribution in [1.82, 2.24) is 4.98 Å². The van der Waals surface area contributed by atoms with Crippen LogP contribution in [0.3, 0.4) is 0 Å². The number of carbonyl (C=O) groups excluding carboxylic acids is 1. The minimum Gasteiger partial charge on any atom is -0.369 e. The summed E-state index contributed by atoms with van der Waals surface area (Å²) in [7, 11) is 0. The Labute approximate surface area is 107 Å². The van der Waals surface area contributed by atoms with Crippen LogP contribution in [0.4, 0.5) is 0 Å². The Morgan fingerprint density at radius 2 is 2.22 bits per heavy atom. The van der Waals surface area contributed by atoms with Gasteiger partial charge in [0.05, 0.1) is 0 Å². The van der Waals surface area contributed by atoms with E-state index >= 15 is 0 Å². The second-order valence-corrected chi connectivity index (χ2v) is 5.30. The standard InChI is InChI=1S/C14H20N2O2/c1-9(14(15)18)10-3-2-4-11(7-10)12-5-6-13(17)16-8-12/h5-6,8-11H,2-4,7H2,1H3,(H2,15,18)(H,16,17). The summed E-state index contributed by atoms with van der Waals surface area (Å²) in [6.07, 6.45) is 6.09. The molecular formula is C14H20N2O2. The van der Waals surface area contributed by atoms with E-state index in [0.29, 0.717) is 11.8 Å². The summed E-state index contributed by atoms with van der Waals surface area (Å²) in [6, 6.07) is 3.46. The van der Waals surface area contributed by atoms with Crippen molar-refractivity contribution in [2.24, 2.45) is 17.6 Å². The average molecular weight is 248 g/mol. The van der Waals surface area contributed by atoms with Gasteiger partial charge in [0.2, 0.25) is 11.5 Å². The Balaban J connectivity index is 2.09. The molecule has 1 heterocycles. The normalized spacial score (nSPS) is 25.6. The first-order chi connectivity index (χ1) is 8.58. The molecule has 0 saturated heterocycles. The molecule has 0 bridgehead atoms. The molecule has 1 fully saturated rings. The Bertz CT molecular complexity index is 460. The van der Waals surface area contributed by atoms with E-state index < -0.39 is 0 Å². The summed E-state index contributed by atoms with van der Waals surface area (Å²) in [5.74, 6) is 0.535. The van der Waals surface area contributed by atoms with Crippen molar-refractivity contribution >= 4 is 5.91 Å². The van der Waals surface area contributed by atoms with E-state index in [9.17, 15) is 9.59 Å². The smallest absolute Gasteiger partial charge is 0.247 e. The van der Waals surface area contributed by atoms with Crippen LogP contribution < -0.4 is 11.3 Å². The first kappa shape index (κ1) is 12.9. The van der Waals surface area contributed by atoms with Crippen molar-refractivity contribution in [3.8, 4) is 0 Å². The van der Waals surface area contributed by atoms with Crippen LogP contribution in [0.25, 0.3) is 0 Å². The number of nitrogens with two attached hydrogens (primary N) is 1. The van der Waals surface area contributed by atoms with E-state index in [4.69, 9.17) is 5.73 Å². The molecule has 4 heteroatoms. The third kappa shape index (κ3) is 2.81. The summed E-state index contributed by atoms with van der Waals surface area (Å²) in [4.78, 5) is 25.0. The van der Waals surface area contributed by atoms with E-state index in [1.807, 2.05) is 13.0 Å². The third-order valence-corrected chi connectivity index (χ3v) is 4.15. The summed E-state index contributed by atoms with van der Waals surface area (Å²) < 4.78 is 0. The van der Waals surface area contributed by atoms with Gasteiger partial charge in [-0.2, -0.15) is 0 Å². The van der Waals surface area contributed by atoms with Crippen LogP contribution in [-0.4, -0.2) is 10.9 Å². The van der Waals surface area contributed by atoms with Gasteiger partial charge in [-0.1, -0.05) is 19.4 Å². The highest BCUT2D eigenvalue weighted by Gasteiger charge is 2.29. The number of hydrogen-bond acceptors (Lipinski definition) is 2. The first-order valence-corrected chi connectivity index (χ1v) is 6.56. The van der Waals surface area contributed by atoms with Gasteiger partial charge in [0, 0.05) is 18.2 Å². The number of pyridine rings is 1. The molecular weight excluding hydrogens is 228 g/mol. The van der Waals surface area contributed by atoms with E-state index in [1.165, 1.54) is 0 Å². The molecule has 1 saturated carbocycles. The maximum Gasteiger partial charge on any atom is 0.247 e. The minimum atomic E-state index is -0.206. The van der Waals surface area contributed by atoms with Crippen molar-refractivity contribution < 1.29 is 4.79 Å². The molecule has 0 radical (unpaired) electrons. The van der Waals surface area contributed by atoms with Crippen LogP contribution in [0.5, 0.6) is 0 Å². The van der Waals surface area contributed by atoms with Crippen molar-refractivity contribution in [2.45, 2.75) is 38.5 Å². The van der Waals surface area contributed by atoms with E-state index in [0.717, 1.165) is 31.2 Å². The van der Waals surface area contributed by atoms with E-state index in [2.05, 4.69) is 4.98 Å². The summed E-state index contributed by atoms with van der Waals surface area (Å²) >= 11 is 0. The lowest BCUT2D eigenvalue weighted by Crippen LogP contribution is -2.30. The number of rotatable bonds is 3. The van der Waals surface area contributed by atoms with Crippen molar-refractivity contribution in [3.05, 3.63) is 34.2 Å². The quantitative estimate of drug-likeness (QED) is 0.855. The lowest BCUT2D eigenvalue weighted by atomic mass is 9.73. The highest BCUT2D eigenvalue weighted by Crippen LogP contribution is 2.38. The monoisotopic (exact) mass is 248 g/mol. The van der Waals surface area contributed by atoms with Gasteiger partial charge >= 0.3 is 0 Å².